The lowest BCUT2D eigenvalue weighted by molar-refractivity contribution is -0.133. The van der Waals surface area contributed by atoms with Crippen molar-refractivity contribution in [3.63, 3.8) is 0 Å². The Morgan fingerprint density at radius 2 is 2.27 bits per heavy atom. The zero-order valence-corrected chi connectivity index (χ0v) is 10.0. The summed E-state index contributed by atoms with van der Waals surface area (Å²) >= 11 is 4.03. The number of carbonyl (C=O) groups is 2. The van der Waals surface area contributed by atoms with Gasteiger partial charge in [0.1, 0.15) is 5.78 Å². The number of allylic oxidation sites excluding steroid dienone is 1. The lowest BCUT2D eigenvalue weighted by Gasteiger charge is -2.29. The molecule has 1 rings (SSSR count). The maximum absolute atomic E-state index is 11.8. The van der Waals surface area contributed by atoms with Gasteiger partial charge in [0.05, 0.1) is 5.92 Å². The van der Waals surface area contributed by atoms with Gasteiger partial charge in [-0.15, -0.1) is 0 Å². The minimum Gasteiger partial charge on any atom is -0.300 e. The van der Waals surface area contributed by atoms with E-state index in [0.717, 1.165) is 12.8 Å². The largest absolute Gasteiger partial charge is 0.300 e. The summed E-state index contributed by atoms with van der Waals surface area (Å²) in [6, 6.07) is 0. The summed E-state index contributed by atoms with van der Waals surface area (Å²) in [7, 11) is 0. The molecule has 2 atom stereocenters. The van der Waals surface area contributed by atoms with Gasteiger partial charge >= 0.3 is 0 Å². The molecule has 1 amide bonds. The van der Waals surface area contributed by atoms with Crippen molar-refractivity contribution in [3.8, 4) is 0 Å². The third kappa shape index (κ3) is 3.09. The number of hydrogen-bond donors (Lipinski definition) is 1. The fourth-order valence-corrected chi connectivity index (χ4v) is 2.16. The van der Waals surface area contributed by atoms with Crippen LogP contribution in [0.1, 0.15) is 33.1 Å². The Morgan fingerprint density at radius 3 is 2.80 bits per heavy atom. The molecule has 2 unspecified atom stereocenters. The molecule has 84 valence electrons. The van der Waals surface area contributed by atoms with Crippen LogP contribution in [0.5, 0.6) is 0 Å². The standard InChI is InChI=1S/C11H17NO2S/c1-3-4-9-5-6-12(15)11(14)10(9)7-8(2)13/h5-6,9-10,15H,3-4,7H2,1-2H3. The van der Waals surface area contributed by atoms with E-state index in [2.05, 4.69) is 19.7 Å². The van der Waals surface area contributed by atoms with E-state index in [1.807, 2.05) is 6.08 Å². The smallest absolute Gasteiger partial charge is 0.240 e. The van der Waals surface area contributed by atoms with Crippen LogP contribution in [0, 0.1) is 11.8 Å². The molecule has 0 radical (unpaired) electrons. The van der Waals surface area contributed by atoms with Gasteiger partial charge in [0, 0.05) is 12.6 Å². The van der Waals surface area contributed by atoms with Crippen molar-refractivity contribution in [2.75, 3.05) is 0 Å². The molecule has 0 saturated heterocycles. The van der Waals surface area contributed by atoms with Crippen LogP contribution in [-0.4, -0.2) is 16.0 Å². The van der Waals surface area contributed by atoms with Gasteiger partial charge < -0.3 is 4.79 Å². The molecule has 0 fully saturated rings. The first-order chi connectivity index (χ1) is 7.06. The van der Waals surface area contributed by atoms with E-state index in [1.165, 1.54) is 11.2 Å². The molecule has 0 spiro atoms. The summed E-state index contributed by atoms with van der Waals surface area (Å²) in [5, 5.41) is 0. The summed E-state index contributed by atoms with van der Waals surface area (Å²) < 4.78 is 1.28. The molecule has 1 heterocycles. The highest BCUT2D eigenvalue weighted by Crippen LogP contribution is 2.29. The van der Waals surface area contributed by atoms with E-state index >= 15 is 0 Å². The second-order valence-corrected chi connectivity index (χ2v) is 4.42. The van der Waals surface area contributed by atoms with Gasteiger partial charge in [-0.25, -0.2) is 0 Å². The van der Waals surface area contributed by atoms with Crippen molar-refractivity contribution in [3.05, 3.63) is 12.3 Å². The number of amides is 1. The highest BCUT2D eigenvalue weighted by Gasteiger charge is 2.32. The average molecular weight is 227 g/mol. The Labute approximate surface area is 96.1 Å². The lowest BCUT2D eigenvalue weighted by Crippen LogP contribution is -2.35. The maximum Gasteiger partial charge on any atom is 0.240 e. The fourth-order valence-electron chi connectivity index (χ4n) is 1.93. The molecule has 0 aromatic rings. The van der Waals surface area contributed by atoms with Crippen LogP contribution in [0.4, 0.5) is 0 Å². The van der Waals surface area contributed by atoms with Gasteiger partial charge in [-0.3, -0.25) is 9.10 Å². The predicted octanol–water partition coefficient (Wildman–Crippen LogP) is 2.20. The molecule has 1 aliphatic rings. The summed E-state index contributed by atoms with van der Waals surface area (Å²) in [5.74, 6) is -0.0271. The molecule has 0 N–H and O–H groups in total. The number of thiol groups is 1. The SMILES string of the molecule is CCCC1C=CN(S)C(=O)C1CC(C)=O. The van der Waals surface area contributed by atoms with Crippen LogP contribution >= 0.6 is 12.8 Å². The molecular formula is C11H17NO2S. The fraction of sp³-hybridized carbons (Fsp3) is 0.636. The minimum absolute atomic E-state index is 0.0607. The van der Waals surface area contributed by atoms with Crippen molar-refractivity contribution in [2.24, 2.45) is 11.8 Å². The molecule has 0 aromatic carbocycles. The Kier molecular flexibility index (Phi) is 4.39. The third-order valence-corrected chi connectivity index (χ3v) is 2.99. The van der Waals surface area contributed by atoms with Crippen molar-refractivity contribution in [1.29, 1.82) is 0 Å². The number of Topliss-reactive ketones (excluding diaryl/α,β-unsaturated/α-hetero) is 1. The van der Waals surface area contributed by atoms with E-state index in [4.69, 9.17) is 0 Å². The average Bonchev–Trinajstić information content (AvgIpc) is 2.17. The van der Waals surface area contributed by atoms with Crippen molar-refractivity contribution in [1.82, 2.24) is 4.31 Å². The summed E-state index contributed by atoms with van der Waals surface area (Å²) in [6.45, 7) is 3.60. The highest BCUT2D eigenvalue weighted by molar-refractivity contribution is 7.78. The number of hydrogen-bond acceptors (Lipinski definition) is 3. The van der Waals surface area contributed by atoms with Gasteiger partial charge in [0.15, 0.2) is 0 Å². The normalized spacial score (nSPS) is 25.8. The van der Waals surface area contributed by atoms with E-state index in [-0.39, 0.29) is 23.5 Å². The van der Waals surface area contributed by atoms with E-state index < -0.39 is 0 Å². The zero-order valence-electron chi connectivity index (χ0n) is 9.14. The molecule has 3 nitrogen and oxygen atoms in total. The molecule has 0 aromatic heterocycles. The van der Waals surface area contributed by atoms with Gasteiger partial charge in [-0.05, 0) is 19.3 Å². The topological polar surface area (TPSA) is 37.4 Å². The van der Waals surface area contributed by atoms with E-state index in [9.17, 15) is 9.59 Å². The summed E-state index contributed by atoms with van der Waals surface area (Å²) in [4.78, 5) is 22.9. The maximum atomic E-state index is 11.8. The number of carbonyl (C=O) groups excluding carboxylic acids is 2. The number of nitrogens with zero attached hydrogens (tertiary/aromatic N) is 1. The van der Waals surface area contributed by atoms with Gasteiger partial charge in [-0.1, -0.05) is 32.2 Å². The lowest BCUT2D eigenvalue weighted by atomic mass is 9.83. The first kappa shape index (κ1) is 12.3. The van der Waals surface area contributed by atoms with Crippen molar-refractivity contribution >= 4 is 24.5 Å². The highest BCUT2D eigenvalue weighted by atomic mass is 32.1. The monoisotopic (exact) mass is 227 g/mol. The second-order valence-electron chi connectivity index (χ2n) is 3.99. The molecule has 15 heavy (non-hydrogen) atoms. The van der Waals surface area contributed by atoms with Crippen LogP contribution in [0.2, 0.25) is 0 Å². The molecule has 1 aliphatic heterocycles. The Hall–Kier alpha value is -0.770. The number of rotatable bonds is 4. The van der Waals surface area contributed by atoms with Crippen LogP contribution in [0.15, 0.2) is 12.3 Å². The summed E-state index contributed by atoms with van der Waals surface area (Å²) in [5.41, 5.74) is 0. The molecule has 0 bridgehead atoms. The van der Waals surface area contributed by atoms with Gasteiger partial charge in [0.2, 0.25) is 5.91 Å². The first-order valence-electron chi connectivity index (χ1n) is 5.26. The van der Waals surface area contributed by atoms with Gasteiger partial charge in [0.25, 0.3) is 0 Å². The Morgan fingerprint density at radius 1 is 1.60 bits per heavy atom. The van der Waals surface area contributed by atoms with E-state index in [0.29, 0.717) is 6.42 Å². The Bertz CT molecular complexity index is 288. The van der Waals surface area contributed by atoms with Crippen molar-refractivity contribution < 1.29 is 9.59 Å². The first-order valence-corrected chi connectivity index (χ1v) is 5.66. The second kappa shape index (κ2) is 5.35. The summed E-state index contributed by atoms with van der Waals surface area (Å²) in [6.07, 6.45) is 5.95. The predicted molar refractivity (Wildman–Crippen MR) is 62.2 cm³/mol. The molecular weight excluding hydrogens is 210 g/mol. The molecule has 4 heteroatoms. The minimum atomic E-state index is -0.218. The van der Waals surface area contributed by atoms with Crippen LogP contribution in [0.3, 0.4) is 0 Å². The molecule has 0 aliphatic carbocycles. The quantitative estimate of drug-likeness (QED) is 0.748. The van der Waals surface area contributed by atoms with Crippen LogP contribution in [-0.2, 0) is 9.59 Å². The van der Waals surface area contributed by atoms with E-state index in [1.54, 1.807) is 6.20 Å². The third-order valence-electron chi connectivity index (χ3n) is 2.66. The van der Waals surface area contributed by atoms with Crippen LogP contribution < -0.4 is 0 Å². The van der Waals surface area contributed by atoms with Gasteiger partial charge in [-0.2, -0.15) is 0 Å². The van der Waals surface area contributed by atoms with Crippen molar-refractivity contribution in [2.45, 2.75) is 33.1 Å². The Balaban J connectivity index is 2.79. The number of ketones is 1. The zero-order chi connectivity index (χ0) is 11.4. The van der Waals surface area contributed by atoms with Crippen LogP contribution in [0.25, 0.3) is 0 Å². The molecule has 0 saturated carbocycles.